The number of fused-ring (bicyclic) bond motifs is 1. The number of hydrogen-bond acceptors (Lipinski definition) is 2. The van der Waals surface area contributed by atoms with Crippen LogP contribution in [-0.2, 0) is 6.42 Å². The van der Waals surface area contributed by atoms with Gasteiger partial charge in [-0.05, 0) is 30.0 Å². The minimum Gasteiger partial charge on any atom is -0.342 e. The summed E-state index contributed by atoms with van der Waals surface area (Å²) in [5.41, 5.74) is 3.35. The van der Waals surface area contributed by atoms with Crippen LogP contribution in [0.5, 0.6) is 0 Å². The highest BCUT2D eigenvalue weighted by atomic mass is 32.1. The molecular formula is C12H14N2S2. The second-order valence-electron chi connectivity index (χ2n) is 4.39. The van der Waals surface area contributed by atoms with Gasteiger partial charge in [0.2, 0.25) is 0 Å². The maximum Gasteiger partial charge on any atom is 0.138 e. The zero-order valence-corrected chi connectivity index (χ0v) is 11.0. The summed E-state index contributed by atoms with van der Waals surface area (Å²) < 4.78 is 1.20. The van der Waals surface area contributed by atoms with Gasteiger partial charge in [-0.3, -0.25) is 0 Å². The SMILES string of the molecule is CC(C)Cc1ccc2[nH]c(=S)c(=S)[nH]c2c1. The molecule has 4 heteroatoms. The van der Waals surface area contributed by atoms with Crippen molar-refractivity contribution in [3.05, 3.63) is 33.0 Å². The van der Waals surface area contributed by atoms with Gasteiger partial charge in [-0.25, -0.2) is 0 Å². The summed E-state index contributed by atoms with van der Waals surface area (Å²) in [4.78, 5) is 6.27. The first kappa shape index (κ1) is 11.5. The van der Waals surface area contributed by atoms with Crippen molar-refractivity contribution in [2.45, 2.75) is 20.3 Å². The highest BCUT2D eigenvalue weighted by Crippen LogP contribution is 2.15. The molecule has 0 unspecified atom stereocenters. The Labute approximate surface area is 105 Å². The van der Waals surface area contributed by atoms with Crippen molar-refractivity contribution < 1.29 is 0 Å². The summed E-state index contributed by atoms with van der Waals surface area (Å²) in [5, 5.41) is 0. The van der Waals surface area contributed by atoms with Gasteiger partial charge in [0.15, 0.2) is 0 Å². The molecule has 1 aromatic carbocycles. The van der Waals surface area contributed by atoms with Gasteiger partial charge in [-0.2, -0.15) is 0 Å². The average molecular weight is 250 g/mol. The number of aromatic amines is 2. The van der Waals surface area contributed by atoms with E-state index in [0.29, 0.717) is 15.2 Å². The Morgan fingerprint density at radius 3 is 2.31 bits per heavy atom. The lowest BCUT2D eigenvalue weighted by atomic mass is 10.0. The van der Waals surface area contributed by atoms with Gasteiger partial charge in [-0.15, -0.1) is 0 Å². The molecule has 0 aliphatic carbocycles. The first-order valence-electron chi connectivity index (χ1n) is 5.31. The maximum atomic E-state index is 5.12. The number of H-pyrrole nitrogens is 2. The van der Waals surface area contributed by atoms with Gasteiger partial charge in [0, 0.05) is 0 Å². The predicted molar refractivity (Wildman–Crippen MR) is 72.9 cm³/mol. The van der Waals surface area contributed by atoms with Crippen molar-refractivity contribution in [1.29, 1.82) is 0 Å². The molecule has 1 aromatic heterocycles. The van der Waals surface area contributed by atoms with Crippen molar-refractivity contribution in [2.75, 3.05) is 0 Å². The monoisotopic (exact) mass is 250 g/mol. The van der Waals surface area contributed by atoms with E-state index in [1.165, 1.54) is 5.56 Å². The predicted octanol–water partition coefficient (Wildman–Crippen LogP) is 4.15. The number of aromatic nitrogens is 2. The summed E-state index contributed by atoms with van der Waals surface area (Å²) in [7, 11) is 0. The standard InChI is InChI=1S/C12H14N2S2/c1-7(2)5-8-3-4-9-10(6-8)14-12(16)11(15)13-9/h3-4,6-7H,5H2,1-2H3,(H,13,15)(H,14,16). The van der Waals surface area contributed by atoms with Gasteiger partial charge in [-0.1, -0.05) is 44.3 Å². The minimum absolute atomic E-state index is 0.596. The molecule has 0 spiro atoms. The topological polar surface area (TPSA) is 31.6 Å². The Balaban J connectivity index is 2.58. The zero-order valence-electron chi connectivity index (χ0n) is 9.33. The molecule has 16 heavy (non-hydrogen) atoms. The largest absolute Gasteiger partial charge is 0.342 e. The molecule has 2 N–H and O–H groups in total. The van der Waals surface area contributed by atoms with E-state index in [9.17, 15) is 0 Å². The van der Waals surface area contributed by atoms with Crippen molar-refractivity contribution in [1.82, 2.24) is 9.97 Å². The summed E-state index contributed by atoms with van der Waals surface area (Å²) in [6.45, 7) is 4.43. The Hall–Kier alpha value is -1.00. The second kappa shape index (κ2) is 4.47. The minimum atomic E-state index is 0.596. The van der Waals surface area contributed by atoms with E-state index in [1.54, 1.807) is 0 Å². The first-order chi connectivity index (χ1) is 7.56. The Morgan fingerprint density at radius 2 is 1.69 bits per heavy atom. The van der Waals surface area contributed by atoms with E-state index in [-0.39, 0.29) is 0 Å². The van der Waals surface area contributed by atoms with Gasteiger partial charge >= 0.3 is 0 Å². The molecule has 0 bridgehead atoms. The van der Waals surface area contributed by atoms with Crippen molar-refractivity contribution in [2.24, 2.45) is 5.92 Å². The lowest BCUT2D eigenvalue weighted by molar-refractivity contribution is 0.647. The van der Waals surface area contributed by atoms with Gasteiger partial charge < -0.3 is 9.97 Å². The van der Waals surface area contributed by atoms with Gasteiger partial charge in [0.1, 0.15) is 9.28 Å². The van der Waals surface area contributed by atoms with Crippen LogP contribution in [-0.4, -0.2) is 9.97 Å². The van der Waals surface area contributed by atoms with Crippen LogP contribution in [0.3, 0.4) is 0 Å². The van der Waals surface area contributed by atoms with Gasteiger partial charge in [0.25, 0.3) is 0 Å². The fraction of sp³-hybridized carbons (Fsp3) is 0.333. The molecule has 0 amide bonds. The van der Waals surface area contributed by atoms with E-state index < -0.39 is 0 Å². The number of benzene rings is 1. The molecule has 0 aliphatic rings. The maximum absolute atomic E-state index is 5.12. The Morgan fingerprint density at radius 1 is 1.06 bits per heavy atom. The van der Waals surface area contributed by atoms with E-state index in [0.717, 1.165) is 17.5 Å². The van der Waals surface area contributed by atoms with E-state index >= 15 is 0 Å². The molecule has 1 heterocycles. The van der Waals surface area contributed by atoms with E-state index in [1.807, 2.05) is 6.07 Å². The van der Waals surface area contributed by atoms with Crippen LogP contribution in [0.1, 0.15) is 19.4 Å². The molecule has 0 aliphatic heterocycles. The van der Waals surface area contributed by atoms with Crippen LogP contribution in [0.2, 0.25) is 0 Å². The quantitative estimate of drug-likeness (QED) is 0.784. The Kier molecular flexibility index (Phi) is 3.21. The number of rotatable bonds is 2. The normalized spacial score (nSPS) is 11.2. The summed E-state index contributed by atoms with van der Waals surface area (Å²) in [5.74, 6) is 0.655. The third-order valence-electron chi connectivity index (χ3n) is 2.43. The summed E-state index contributed by atoms with van der Waals surface area (Å²) >= 11 is 10.2. The highest BCUT2D eigenvalue weighted by molar-refractivity contribution is 7.73. The molecule has 2 aromatic rings. The molecule has 2 rings (SSSR count). The van der Waals surface area contributed by atoms with E-state index in [2.05, 4.69) is 35.9 Å². The van der Waals surface area contributed by atoms with Crippen LogP contribution in [0.15, 0.2) is 18.2 Å². The molecule has 0 saturated carbocycles. The third kappa shape index (κ3) is 2.39. The zero-order chi connectivity index (χ0) is 11.7. The van der Waals surface area contributed by atoms with Crippen molar-refractivity contribution in [3.63, 3.8) is 0 Å². The summed E-state index contributed by atoms with van der Waals surface area (Å²) in [6, 6.07) is 6.31. The van der Waals surface area contributed by atoms with E-state index in [4.69, 9.17) is 24.4 Å². The Bertz CT molecular complexity index is 623. The van der Waals surface area contributed by atoms with Crippen molar-refractivity contribution in [3.8, 4) is 0 Å². The lowest BCUT2D eigenvalue weighted by Gasteiger charge is -2.06. The smallest absolute Gasteiger partial charge is 0.138 e. The first-order valence-corrected chi connectivity index (χ1v) is 6.13. The molecule has 0 fully saturated rings. The highest BCUT2D eigenvalue weighted by Gasteiger charge is 2.00. The molecule has 84 valence electrons. The van der Waals surface area contributed by atoms with Gasteiger partial charge in [0.05, 0.1) is 11.0 Å². The molecule has 0 atom stereocenters. The molecule has 2 nitrogen and oxygen atoms in total. The molecule has 0 saturated heterocycles. The van der Waals surface area contributed by atoms with Crippen molar-refractivity contribution >= 4 is 35.5 Å². The lowest BCUT2D eigenvalue weighted by Crippen LogP contribution is -1.95. The average Bonchev–Trinajstić information content (AvgIpc) is 2.19. The number of hydrogen-bond donors (Lipinski definition) is 2. The second-order valence-corrected chi connectivity index (χ2v) is 5.20. The van der Waals surface area contributed by atoms with Crippen LogP contribution in [0.4, 0.5) is 0 Å². The van der Waals surface area contributed by atoms with Crippen LogP contribution in [0.25, 0.3) is 11.0 Å². The third-order valence-corrected chi connectivity index (χ3v) is 3.17. The van der Waals surface area contributed by atoms with Crippen LogP contribution < -0.4 is 0 Å². The molecule has 0 radical (unpaired) electrons. The fourth-order valence-corrected chi connectivity index (χ4v) is 2.08. The van der Waals surface area contributed by atoms with Crippen LogP contribution in [0, 0.1) is 15.2 Å². The number of nitrogens with one attached hydrogen (secondary N) is 2. The summed E-state index contributed by atoms with van der Waals surface area (Å²) in [6.07, 6.45) is 1.08. The van der Waals surface area contributed by atoms with Crippen LogP contribution >= 0.6 is 24.4 Å². The molecular weight excluding hydrogens is 236 g/mol. The fourth-order valence-electron chi connectivity index (χ4n) is 1.76.